The monoisotopic (exact) mass is 413 g/mol. The highest BCUT2D eigenvalue weighted by molar-refractivity contribution is 6.33. The van der Waals surface area contributed by atoms with Gasteiger partial charge in [-0.15, -0.1) is 0 Å². The van der Waals surface area contributed by atoms with E-state index in [-0.39, 0.29) is 16.1 Å². The van der Waals surface area contributed by atoms with Gasteiger partial charge in [-0.05, 0) is 50.2 Å². The van der Waals surface area contributed by atoms with Gasteiger partial charge < -0.3 is 9.67 Å². The fourth-order valence-electron chi connectivity index (χ4n) is 3.00. The Bertz CT molecular complexity index is 1140. The zero-order chi connectivity index (χ0) is 21.1. The van der Waals surface area contributed by atoms with Crippen LogP contribution in [-0.2, 0) is 0 Å². The van der Waals surface area contributed by atoms with Crippen molar-refractivity contribution in [3.63, 3.8) is 0 Å². The molecule has 0 fully saturated rings. The maximum absolute atomic E-state index is 13.6. The zero-order valence-corrected chi connectivity index (χ0v) is 16.4. The lowest BCUT2D eigenvalue weighted by molar-refractivity contribution is 0.0696. The van der Waals surface area contributed by atoms with Gasteiger partial charge in [-0.3, -0.25) is 4.79 Å². The molecule has 0 aliphatic heterocycles. The van der Waals surface area contributed by atoms with Gasteiger partial charge in [0.25, 0.3) is 5.91 Å². The maximum atomic E-state index is 13.6. The second-order valence-electron chi connectivity index (χ2n) is 6.31. The minimum atomic E-state index is -1.10. The van der Waals surface area contributed by atoms with Gasteiger partial charge in [-0.2, -0.15) is 5.10 Å². The van der Waals surface area contributed by atoms with Crippen LogP contribution in [0.3, 0.4) is 0 Å². The molecule has 0 aliphatic carbocycles. The summed E-state index contributed by atoms with van der Waals surface area (Å²) in [6.07, 6.45) is 1.46. The predicted octanol–water partition coefficient (Wildman–Crippen LogP) is 4.35. The zero-order valence-electron chi connectivity index (χ0n) is 15.6. The largest absolute Gasteiger partial charge is 0.478 e. The molecule has 2 aromatic carbocycles. The molecule has 0 bridgehead atoms. The molecular weight excluding hydrogens is 397 g/mol. The molecule has 148 valence electrons. The summed E-state index contributed by atoms with van der Waals surface area (Å²) in [5.74, 6) is -2.37. The van der Waals surface area contributed by atoms with Crippen molar-refractivity contribution in [3.8, 4) is 5.69 Å². The third-order valence-electron chi connectivity index (χ3n) is 4.40. The van der Waals surface area contributed by atoms with Crippen LogP contribution in [0.25, 0.3) is 5.69 Å². The van der Waals surface area contributed by atoms with Crippen LogP contribution < -0.4 is 5.43 Å². The van der Waals surface area contributed by atoms with Crippen molar-refractivity contribution in [1.29, 1.82) is 0 Å². The third kappa shape index (κ3) is 4.20. The molecule has 1 aromatic heterocycles. The molecule has 6 nitrogen and oxygen atoms in total. The van der Waals surface area contributed by atoms with Crippen molar-refractivity contribution in [1.82, 2.24) is 9.99 Å². The van der Waals surface area contributed by atoms with Crippen molar-refractivity contribution in [2.75, 3.05) is 0 Å². The SMILES string of the molecule is Cc1cc(/C=N\NC(=O)c2ccccc2F)c(C)n1-c1ccc(C(=O)O)c(Cl)c1. The summed E-state index contributed by atoms with van der Waals surface area (Å²) in [6.45, 7) is 3.73. The number of carboxylic acid groups (broad SMARTS) is 1. The van der Waals surface area contributed by atoms with Gasteiger partial charge in [0.2, 0.25) is 0 Å². The van der Waals surface area contributed by atoms with E-state index >= 15 is 0 Å². The van der Waals surface area contributed by atoms with Crippen LogP contribution in [0.4, 0.5) is 4.39 Å². The summed E-state index contributed by atoms with van der Waals surface area (Å²) >= 11 is 6.08. The fraction of sp³-hybridized carbons (Fsp3) is 0.0952. The Balaban J connectivity index is 1.84. The molecule has 1 heterocycles. The van der Waals surface area contributed by atoms with Gasteiger partial charge >= 0.3 is 5.97 Å². The number of nitrogens with zero attached hydrogens (tertiary/aromatic N) is 2. The van der Waals surface area contributed by atoms with Crippen molar-refractivity contribution in [3.05, 3.63) is 87.4 Å². The highest BCUT2D eigenvalue weighted by Gasteiger charge is 2.14. The van der Waals surface area contributed by atoms with E-state index in [0.29, 0.717) is 5.69 Å². The number of aromatic carboxylic acids is 1. The number of aryl methyl sites for hydroxylation is 1. The summed E-state index contributed by atoms with van der Waals surface area (Å²) in [5, 5.41) is 13.2. The Labute approximate surface area is 171 Å². The van der Waals surface area contributed by atoms with Gasteiger partial charge in [0, 0.05) is 22.6 Å². The van der Waals surface area contributed by atoms with Crippen LogP contribution in [0.1, 0.15) is 37.7 Å². The van der Waals surface area contributed by atoms with Gasteiger partial charge in [-0.1, -0.05) is 23.7 Å². The fourth-order valence-corrected chi connectivity index (χ4v) is 3.25. The molecule has 1 amide bonds. The average molecular weight is 414 g/mol. The van der Waals surface area contributed by atoms with E-state index < -0.39 is 17.7 Å². The van der Waals surface area contributed by atoms with E-state index in [4.69, 9.17) is 16.7 Å². The van der Waals surface area contributed by atoms with E-state index in [1.54, 1.807) is 18.2 Å². The molecule has 0 radical (unpaired) electrons. The Morgan fingerprint density at radius 3 is 2.52 bits per heavy atom. The number of aromatic nitrogens is 1. The number of hydrogen-bond donors (Lipinski definition) is 2. The number of hydrazone groups is 1. The number of hydrogen-bond acceptors (Lipinski definition) is 3. The number of nitrogens with one attached hydrogen (secondary N) is 1. The lowest BCUT2D eigenvalue weighted by Gasteiger charge is -2.11. The van der Waals surface area contributed by atoms with E-state index in [1.165, 1.54) is 30.5 Å². The minimum Gasteiger partial charge on any atom is -0.478 e. The minimum absolute atomic E-state index is 0.0236. The number of benzene rings is 2. The van der Waals surface area contributed by atoms with Crippen molar-refractivity contribution >= 4 is 29.7 Å². The Kier molecular flexibility index (Phi) is 5.79. The van der Waals surface area contributed by atoms with Crippen molar-refractivity contribution in [2.45, 2.75) is 13.8 Å². The lowest BCUT2D eigenvalue weighted by atomic mass is 10.2. The van der Waals surface area contributed by atoms with E-state index in [0.717, 1.165) is 17.0 Å². The Morgan fingerprint density at radius 1 is 1.14 bits per heavy atom. The van der Waals surface area contributed by atoms with Crippen LogP contribution >= 0.6 is 11.6 Å². The summed E-state index contributed by atoms with van der Waals surface area (Å²) in [4.78, 5) is 23.2. The van der Waals surface area contributed by atoms with Crippen LogP contribution in [0.2, 0.25) is 5.02 Å². The molecule has 0 spiro atoms. The van der Waals surface area contributed by atoms with Gasteiger partial charge in [0.15, 0.2) is 0 Å². The van der Waals surface area contributed by atoms with E-state index in [2.05, 4.69) is 10.5 Å². The third-order valence-corrected chi connectivity index (χ3v) is 4.71. The van der Waals surface area contributed by atoms with E-state index in [9.17, 15) is 14.0 Å². The molecule has 0 saturated carbocycles. The molecule has 0 atom stereocenters. The van der Waals surface area contributed by atoms with Gasteiger partial charge in [0.05, 0.1) is 22.4 Å². The molecule has 3 aromatic rings. The molecule has 0 aliphatic rings. The number of halogens is 2. The van der Waals surface area contributed by atoms with Crippen LogP contribution in [-0.4, -0.2) is 27.8 Å². The molecule has 3 rings (SSSR count). The molecule has 2 N–H and O–H groups in total. The van der Waals surface area contributed by atoms with Crippen LogP contribution in [0.5, 0.6) is 0 Å². The van der Waals surface area contributed by atoms with Crippen molar-refractivity contribution < 1.29 is 19.1 Å². The second-order valence-corrected chi connectivity index (χ2v) is 6.72. The Hall–Kier alpha value is -3.45. The van der Waals surface area contributed by atoms with Crippen LogP contribution in [0, 0.1) is 19.7 Å². The average Bonchev–Trinajstić information content (AvgIpc) is 2.95. The lowest BCUT2D eigenvalue weighted by Crippen LogP contribution is -2.18. The number of rotatable bonds is 5. The normalized spacial score (nSPS) is 11.0. The van der Waals surface area contributed by atoms with Crippen molar-refractivity contribution in [2.24, 2.45) is 5.10 Å². The first-order chi connectivity index (χ1) is 13.8. The first-order valence-electron chi connectivity index (χ1n) is 8.59. The standard InChI is InChI=1S/C21H17ClFN3O3/c1-12-9-14(11-24-25-20(27)17-5-3-4-6-19(17)23)13(2)26(12)15-7-8-16(21(28)29)18(22)10-15/h3-11H,1-2H3,(H,25,27)(H,28,29)/b24-11-. The summed E-state index contributed by atoms with van der Waals surface area (Å²) in [6, 6.07) is 12.2. The van der Waals surface area contributed by atoms with E-state index in [1.807, 2.05) is 24.5 Å². The highest BCUT2D eigenvalue weighted by atomic mass is 35.5. The van der Waals surface area contributed by atoms with Crippen LogP contribution in [0.15, 0.2) is 53.6 Å². The summed E-state index contributed by atoms with van der Waals surface area (Å²) in [5.41, 5.74) is 5.34. The van der Waals surface area contributed by atoms with Gasteiger partial charge in [-0.25, -0.2) is 14.6 Å². The Morgan fingerprint density at radius 2 is 1.86 bits per heavy atom. The number of carbonyl (C=O) groups excluding carboxylic acids is 1. The number of carbonyl (C=O) groups is 2. The first kappa shape index (κ1) is 20.3. The topological polar surface area (TPSA) is 83.7 Å². The second kappa shape index (κ2) is 8.28. The smallest absolute Gasteiger partial charge is 0.337 e. The molecule has 0 unspecified atom stereocenters. The molecule has 29 heavy (non-hydrogen) atoms. The highest BCUT2D eigenvalue weighted by Crippen LogP contribution is 2.25. The number of amides is 1. The van der Waals surface area contributed by atoms with Gasteiger partial charge in [0.1, 0.15) is 5.82 Å². The molecular formula is C21H17ClFN3O3. The number of carboxylic acids is 1. The maximum Gasteiger partial charge on any atom is 0.337 e. The summed E-state index contributed by atoms with van der Waals surface area (Å²) in [7, 11) is 0. The molecule has 0 saturated heterocycles. The molecule has 8 heteroatoms. The predicted molar refractivity (Wildman–Crippen MR) is 109 cm³/mol. The quantitative estimate of drug-likeness (QED) is 0.482. The summed E-state index contributed by atoms with van der Waals surface area (Å²) < 4.78 is 15.5. The first-order valence-corrected chi connectivity index (χ1v) is 8.97.